The van der Waals surface area contributed by atoms with E-state index in [2.05, 4.69) is 17.6 Å². The molecule has 0 aliphatic carbocycles. The van der Waals surface area contributed by atoms with E-state index in [0.717, 1.165) is 13.0 Å². The van der Waals surface area contributed by atoms with Crippen LogP contribution in [0, 0.1) is 0 Å². The summed E-state index contributed by atoms with van der Waals surface area (Å²) in [5.74, 6) is 0. The van der Waals surface area contributed by atoms with E-state index in [1.165, 1.54) is 6.20 Å². The maximum absolute atomic E-state index is 5.15. The maximum Gasteiger partial charge on any atom is 0.0240 e. The third-order valence-electron chi connectivity index (χ3n) is 1.30. The molecule has 0 bridgehead atoms. The van der Waals surface area contributed by atoms with Crippen LogP contribution < -0.4 is 16.4 Å². The second-order valence-corrected chi connectivity index (χ2v) is 2.32. The Kier molecular flexibility index (Phi) is 5.97. The van der Waals surface area contributed by atoms with Crippen LogP contribution in [0.15, 0.2) is 12.4 Å². The lowest BCUT2D eigenvalue weighted by Gasteiger charge is -2.09. The molecule has 1 unspecified atom stereocenters. The Balaban J connectivity index is 3.16. The van der Waals surface area contributed by atoms with Crippen LogP contribution in [-0.2, 0) is 0 Å². The van der Waals surface area contributed by atoms with Gasteiger partial charge >= 0.3 is 0 Å². The molecule has 0 aromatic heterocycles. The first-order valence-corrected chi connectivity index (χ1v) is 3.58. The first-order valence-electron chi connectivity index (χ1n) is 3.58. The van der Waals surface area contributed by atoms with E-state index in [4.69, 9.17) is 5.73 Å². The van der Waals surface area contributed by atoms with Gasteiger partial charge in [0, 0.05) is 18.4 Å². The summed E-state index contributed by atoms with van der Waals surface area (Å²) in [6.45, 7) is 3.16. The first kappa shape index (κ1) is 9.30. The highest BCUT2D eigenvalue weighted by molar-refractivity contribution is 4.76. The Morgan fingerprint density at radius 1 is 1.60 bits per heavy atom. The summed E-state index contributed by atoms with van der Waals surface area (Å²) in [4.78, 5) is 0. The van der Waals surface area contributed by atoms with Gasteiger partial charge in [-0.2, -0.15) is 0 Å². The molecule has 0 radical (unpaired) electrons. The third-order valence-corrected chi connectivity index (χ3v) is 1.30. The van der Waals surface area contributed by atoms with Crippen LogP contribution in [0.25, 0.3) is 0 Å². The van der Waals surface area contributed by atoms with Gasteiger partial charge in [0.05, 0.1) is 0 Å². The van der Waals surface area contributed by atoms with Crippen LogP contribution in [0.5, 0.6) is 0 Å². The molecule has 0 saturated heterocycles. The molecule has 0 rings (SSSR count). The quantitative estimate of drug-likeness (QED) is 0.508. The van der Waals surface area contributed by atoms with E-state index in [9.17, 15) is 0 Å². The molecular weight excluding hydrogens is 126 g/mol. The lowest BCUT2D eigenvalue weighted by molar-refractivity contribution is 0.565. The molecule has 0 aliphatic rings. The van der Waals surface area contributed by atoms with Crippen LogP contribution in [0.4, 0.5) is 0 Å². The van der Waals surface area contributed by atoms with Gasteiger partial charge in [-0.3, -0.25) is 0 Å². The average molecular weight is 143 g/mol. The van der Waals surface area contributed by atoms with Crippen LogP contribution in [0.2, 0.25) is 0 Å². The van der Waals surface area contributed by atoms with Gasteiger partial charge in [-0.1, -0.05) is 0 Å². The molecule has 0 aromatic rings. The lowest BCUT2D eigenvalue weighted by atomic mass is 10.2. The number of rotatable bonds is 5. The predicted octanol–water partition coefficient (Wildman–Crippen LogP) is 0.00390. The summed E-state index contributed by atoms with van der Waals surface area (Å²) < 4.78 is 0. The summed E-state index contributed by atoms with van der Waals surface area (Å²) in [5, 5.41) is 6.20. The Bertz CT molecular complexity index is 90.9. The summed E-state index contributed by atoms with van der Waals surface area (Å²) >= 11 is 0. The minimum absolute atomic E-state index is 0.493. The zero-order valence-corrected chi connectivity index (χ0v) is 6.72. The summed E-state index contributed by atoms with van der Waals surface area (Å²) in [7, 11) is 1.95. The van der Waals surface area contributed by atoms with Crippen molar-refractivity contribution in [3.8, 4) is 0 Å². The molecular formula is C7H17N3. The molecule has 0 aliphatic heterocycles. The fourth-order valence-corrected chi connectivity index (χ4v) is 0.664. The van der Waals surface area contributed by atoms with E-state index in [-0.39, 0.29) is 0 Å². The van der Waals surface area contributed by atoms with Gasteiger partial charge in [0.1, 0.15) is 0 Å². The summed E-state index contributed by atoms with van der Waals surface area (Å²) in [6, 6.07) is 0.493. The predicted molar refractivity (Wildman–Crippen MR) is 44.5 cm³/mol. The van der Waals surface area contributed by atoms with Gasteiger partial charge in [-0.15, -0.1) is 0 Å². The van der Waals surface area contributed by atoms with Gasteiger partial charge in [-0.05, 0) is 26.9 Å². The average Bonchev–Trinajstić information content (AvgIpc) is 1.97. The van der Waals surface area contributed by atoms with Crippen molar-refractivity contribution >= 4 is 0 Å². The van der Waals surface area contributed by atoms with Gasteiger partial charge in [0.15, 0.2) is 0 Å². The molecule has 60 valence electrons. The number of nitrogens with one attached hydrogen (secondary N) is 2. The molecule has 0 spiro atoms. The van der Waals surface area contributed by atoms with Gasteiger partial charge in [0.25, 0.3) is 0 Å². The third kappa shape index (κ3) is 5.44. The van der Waals surface area contributed by atoms with Crippen molar-refractivity contribution < 1.29 is 0 Å². The molecule has 10 heavy (non-hydrogen) atoms. The topological polar surface area (TPSA) is 50.1 Å². The Hall–Kier alpha value is -0.700. The van der Waals surface area contributed by atoms with E-state index in [1.807, 2.05) is 7.05 Å². The zero-order valence-electron chi connectivity index (χ0n) is 6.72. The Labute approximate surface area is 62.7 Å². The van der Waals surface area contributed by atoms with Crippen LogP contribution in [0.3, 0.4) is 0 Å². The van der Waals surface area contributed by atoms with Crippen molar-refractivity contribution in [3.63, 3.8) is 0 Å². The highest BCUT2D eigenvalue weighted by Gasteiger charge is 1.94. The minimum Gasteiger partial charge on any atom is -0.403 e. The molecule has 3 nitrogen and oxygen atoms in total. The summed E-state index contributed by atoms with van der Waals surface area (Å²) in [5.41, 5.74) is 5.15. The van der Waals surface area contributed by atoms with Crippen molar-refractivity contribution in [2.24, 2.45) is 5.73 Å². The van der Waals surface area contributed by atoms with Gasteiger partial charge in [-0.25, -0.2) is 0 Å². The second kappa shape index (κ2) is 6.42. The molecule has 0 aromatic carbocycles. The highest BCUT2D eigenvalue weighted by Crippen LogP contribution is 1.86. The second-order valence-electron chi connectivity index (χ2n) is 2.32. The molecule has 0 fully saturated rings. The molecule has 0 amide bonds. The summed E-state index contributed by atoms with van der Waals surface area (Å²) in [6.07, 6.45) is 4.39. The number of hydrogen-bond donors (Lipinski definition) is 3. The molecule has 4 N–H and O–H groups in total. The molecule has 0 saturated carbocycles. The highest BCUT2D eigenvalue weighted by atomic mass is 14.9. The van der Waals surface area contributed by atoms with Crippen LogP contribution >= 0.6 is 0 Å². The monoisotopic (exact) mass is 143 g/mol. The van der Waals surface area contributed by atoms with Crippen LogP contribution in [-0.4, -0.2) is 19.6 Å². The normalized spacial score (nSPS) is 13.8. The van der Waals surface area contributed by atoms with Crippen molar-refractivity contribution in [1.82, 2.24) is 10.6 Å². The molecule has 1 atom stereocenters. The zero-order chi connectivity index (χ0) is 7.82. The fraction of sp³-hybridized carbons (Fsp3) is 0.714. The van der Waals surface area contributed by atoms with E-state index >= 15 is 0 Å². The largest absolute Gasteiger partial charge is 0.403 e. The van der Waals surface area contributed by atoms with E-state index in [0.29, 0.717) is 6.04 Å². The Morgan fingerprint density at radius 3 is 2.80 bits per heavy atom. The number of hydrogen-bond acceptors (Lipinski definition) is 3. The van der Waals surface area contributed by atoms with Crippen LogP contribution in [0.1, 0.15) is 13.3 Å². The van der Waals surface area contributed by atoms with Crippen molar-refractivity contribution in [2.45, 2.75) is 19.4 Å². The smallest absolute Gasteiger partial charge is 0.0240 e. The maximum atomic E-state index is 5.15. The van der Waals surface area contributed by atoms with E-state index < -0.39 is 0 Å². The minimum atomic E-state index is 0.493. The molecule has 3 heteroatoms. The van der Waals surface area contributed by atoms with Crippen molar-refractivity contribution in [2.75, 3.05) is 13.6 Å². The Morgan fingerprint density at radius 2 is 2.30 bits per heavy atom. The van der Waals surface area contributed by atoms with E-state index in [1.54, 1.807) is 6.20 Å². The van der Waals surface area contributed by atoms with Gasteiger partial charge in [0.2, 0.25) is 0 Å². The standard InChI is InChI=1S/C7H17N3/c1-7(3-5-9-2)10-6-4-8/h4,6-7,9-10H,3,5,8H2,1-2H3/b6-4-. The SMILES string of the molecule is CNCCC(C)N/C=C\N. The fourth-order valence-electron chi connectivity index (χ4n) is 0.664. The number of nitrogens with two attached hydrogens (primary N) is 1. The first-order chi connectivity index (χ1) is 4.81. The van der Waals surface area contributed by atoms with Crippen molar-refractivity contribution in [3.05, 3.63) is 12.4 Å². The lowest BCUT2D eigenvalue weighted by Crippen LogP contribution is -2.25. The molecule has 0 heterocycles. The van der Waals surface area contributed by atoms with Crippen molar-refractivity contribution in [1.29, 1.82) is 0 Å². The van der Waals surface area contributed by atoms with Gasteiger partial charge < -0.3 is 16.4 Å².